The highest BCUT2D eigenvalue weighted by Gasteiger charge is 2.23. The fraction of sp³-hybridized carbons (Fsp3) is 0.471. The van der Waals surface area contributed by atoms with Crippen molar-refractivity contribution in [2.24, 2.45) is 5.92 Å². The van der Waals surface area contributed by atoms with Crippen molar-refractivity contribution in [2.75, 3.05) is 13.1 Å². The number of aryl methyl sites for hydroxylation is 2. The van der Waals surface area contributed by atoms with Crippen LogP contribution < -0.4 is 0 Å². The highest BCUT2D eigenvalue weighted by Crippen LogP contribution is 2.18. The summed E-state index contributed by atoms with van der Waals surface area (Å²) in [6, 6.07) is 6.11. The molecule has 2 aromatic rings. The summed E-state index contributed by atoms with van der Waals surface area (Å²) in [5.41, 5.74) is 3.79. The summed E-state index contributed by atoms with van der Waals surface area (Å²) in [5.74, 6) is 0.692. The smallest absolute Gasteiger partial charge is 0.276 e. The zero-order valence-electron chi connectivity index (χ0n) is 13.4. The molecule has 1 aromatic carbocycles. The van der Waals surface area contributed by atoms with E-state index >= 15 is 0 Å². The monoisotopic (exact) mass is 298 g/mol. The maximum Gasteiger partial charge on any atom is 0.276 e. The van der Waals surface area contributed by atoms with Crippen LogP contribution in [0.4, 0.5) is 0 Å². The molecule has 116 valence electrons. The normalized spacial score (nSPS) is 16.0. The third-order valence-electron chi connectivity index (χ3n) is 4.54. The number of rotatable bonds is 2. The Bertz CT molecular complexity index is 684. The van der Waals surface area contributed by atoms with E-state index in [1.807, 2.05) is 11.0 Å². The molecular weight excluding hydrogens is 276 g/mol. The average molecular weight is 298 g/mol. The van der Waals surface area contributed by atoms with Crippen molar-refractivity contribution in [1.82, 2.24) is 19.9 Å². The number of aromatic nitrogens is 3. The summed E-state index contributed by atoms with van der Waals surface area (Å²) >= 11 is 0. The molecule has 1 aliphatic rings. The highest BCUT2D eigenvalue weighted by atomic mass is 16.2. The molecule has 1 fully saturated rings. The van der Waals surface area contributed by atoms with Crippen LogP contribution in [0.1, 0.15) is 41.4 Å². The van der Waals surface area contributed by atoms with Crippen LogP contribution in [0.15, 0.2) is 24.4 Å². The second-order valence-corrected chi connectivity index (χ2v) is 6.29. The number of amides is 1. The minimum atomic E-state index is -0.0121. The van der Waals surface area contributed by atoms with Crippen LogP contribution in [0, 0.1) is 19.8 Å². The summed E-state index contributed by atoms with van der Waals surface area (Å²) < 4.78 is 1.67. The fourth-order valence-electron chi connectivity index (χ4n) is 2.73. The first-order chi connectivity index (χ1) is 10.5. The Morgan fingerprint density at radius 2 is 1.91 bits per heavy atom. The number of benzene rings is 1. The SMILES string of the molecule is Cc1ccc(-n2cc(C(=O)N3CCC(C)CC3)nn2)cc1C. The molecule has 0 spiro atoms. The van der Waals surface area contributed by atoms with Gasteiger partial charge in [-0.05, 0) is 55.9 Å². The van der Waals surface area contributed by atoms with Gasteiger partial charge in [0.2, 0.25) is 0 Å². The van der Waals surface area contributed by atoms with E-state index in [0.29, 0.717) is 11.6 Å². The van der Waals surface area contributed by atoms with E-state index in [4.69, 9.17) is 0 Å². The highest BCUT2D eigenvalue weighted by molar-refractivity contribution is 5.92. The molecular formula is C17H22N4O. The minimum absolute atomic E-state index is 0.0121. The van der Waals surface area contributed by atoms with Gasteiger partial charge in [0.05, 0.1) is 11.9 Å². The van der Waals surface area contributed by atoms with E-state index in [-0.39, 0.29) is 5.91 Å². The van der Waals surface area contributed by atoms with Crippen LogP contribution in [0.5, 0.6) is 0 Å². The van der Waals surface area contributed by atoms with Crippen LogP contribution in [0.3, 0.4) is 0 Å². The van der Waals surface area contributed by atoms with Gasteiger partial charge in [-0.3, -0.25) is 4.79 Å². The molecule has 1 aromatic heterocycles. The van der Waals surface area contributed by atoms with Crippen molar-refractivity contribution >= 4 is 5.91 Å². The van der Waals surface area contributed by atoms with Gasteiger partial charge in [0, 0.05) is 13.1 Å². The number of hydrogen-bond donors (Lipinski definition) is 0. The first-order valence-corrected chi connectivity index (χ1v) is 7.84. The van der Waals surface area contributed by atoms with E-state index in [9.17, 15) is 4.79 Å². The Balaban J connectivity index is 1.78. The first-order valence-electron chi connectivity index (χ1n) is 7.84. The number of likely N-dealkylation sites (tertiary alicyclic amines) is 1. The predicted octanol–water partition coefficient (Wildman–Crippen LogP) is 2.76. The maximum atomic E-state index is 12.5. The lowest BCUT2D eigenvalue weighted by Crippen LogP contribution is -2.38. The fourth-order valence-corrected chi connectivity index (χ4v) is 2.73. The van der Waals surface area contributed by atoms with Gasteiger partial charge in [0.15, 0.2) is 5.69 Å². The molecule has 0 unspecified atom stereocenters. The van der Waals surface area contributed by atoms with Crippen molar-refractivity contribution in [1.29, 1.82) is 0 Å². The maximum absolute atomic E-state index is 12.5. The zero-order valence-corrected chi connectivity index (χ0v) is 13.4. The molecule has 0 radical (unpaired) electrons. The second-order valence-electron chi connectivity index (χ2n) is 6.29. The van der Waals surface area contributed by atoms with Crippen LogP contribution >= 0.6 is 0 Å². The van der Waals surface area contributed by atoms with Gasteiger partial charge in [-0.2, -0.15) is 0 Å². The van der Waals surface area contributed by atoms with Gasteiger partial charge in [0.1, 0.15) is 0 Å². The Morgan fingerprint density at radius 3 is 2.59 bits per heavy atom. The summed E-state index contributed by atoms with van der Waals surface area (Å²) in [6.45, 7) is 8.01. The first kappa shape index (κ1) is 14.8. The second kappa shape index (κ2) is 5.91. The number of hydrogen-bond acceptors (Lipinski definition) is 3. The molecule has 1 saturated heterocycles. The van der Waals surface area contributed by atoms with Crippen molar-refractivity contribution in [3.05, 3.63) is 41.2 Å². The molecule has 0 aliphatic carbocycles. The van der Waals surface area contributed by atoms with Crippen LogP contribution in [0.25, 0.3) is 5.69 Å². The van der Waals surface area contributed by atoms with Crippen molar-refractivity contribution < 1.29 is 4.79 Å². The molecule has 0 atom stereocenters. The number of carbonyl (C=O) groups excluding carboxylic acids is 1. The Hall–Kier alpha value is -2.17. The molecule has 0 N–H and O–H groups in total. The summed E-state index contributed by atoms with van der Waals surface area (Å²) in [4.78, 5) is 14.4. The summed E-state index contributed by atoms with van der Waals surface area (Å²) in [7, 11) is 0. The zero-order chi connectivity index (χ0) is 15.7. The Morgan fingerprint density at radius 1 is 1.18 bits per heavy atom. The number of carbonyl (C=O) groups is 1. The van der Waals surface area contributed by atoms with E-state index in [1.54, 1.807) is 10.9 Å². The molecule has 5 nitrogen and oxygen atoms in total. The lowest BCUT2D eigenvalue weighted by atomic mass is 9.99. The van der Waals surface area contributed by atoms with Crippen molar-refractivity contribution in [3.63, 3.8) is 0 Å². The summed E-state index contributed by atoms with van der Waals surface area (Å²) in [6.07, 6.45) is 3.86. The molecule has 3 rings (SSSR count). The lowest BCUT2D eigenvalue weighted by molar-refractivity contribution is 0.0691. The van der Waals surface area contributed by atoms with Gasteiger partial charge in [-0.25, -0.2) is 4.68 Å². The standard InChI is InChI=1S/C17H22N4O/c1-12-6-8-20(9-7-12)17(22)16-11-21(19-18-16)15-5-4-13(2)14(3)10-15/h4-5,10-12H,6-9H2,1-3H3. The Kier molecular flexibility index (Phi) is 3.96. The molecule has 1 amide bonds. The molecule has 5 heteroatoms. The van der Waals surface area contributed by atoms with E-state index < -0.39 is 0 Å². The van der Waals surface area contributed by atoms with Crippen LogP contribution in [0.2, 0.25) is 0 Å². The van der Waals surface area contributed by atoms with Crippen molar-refractivity contribution in [2.45, 2.75) is 33.6 Å². The topological polar surface area (TPSA) is 51.0 Å². The lowest BCUT2D eigenvalue weighted by Gasteiger charge is -2.29. The number of piperidine rings is 1. The van der Waals surface area contributed by atoms with Crippen LogP contribution in [-0.2, 0) is 0 Å². The van der Waals surface area contributed by atoms with Gasteiger partial charge in [-0.15, -0.1) is 5.10 Å². The van der Waals surface area contributed by atoms with E-state index in [0.717, 1.165) is 31.6 Å². The predicted molar refractivity (Wildman–Crippen MR) is 85.1 cm³/mol. The third kappa shape index (κ3) is 2.89. The molecule has 2 heterocycles. The average Bonchev–Trinajstić information content (AvgIpc) is 3.00. The van der Waals surface area contributed by atoms with E-state index in [1.165, 1.54) is 11.1 Å². The van der Waals surface area contributed by atoms with Crippen molar-refractivity contribution in [3.8, 4) is 5.69 Å². The van der Waals surface area contributed by atoms with Gasteiger partial charge in [0.25, 0.3) is 5.91 Å². The largest absolute Gasteiger partial charge is 0.337 e. The third-order valence-corrected chi connectivity index (χ3v) is 4.54. The van der Waals surface area contributed by atoms with Gasteiger partial charge in [-0.1, -0.05) is 18.2 Å². The Labute approximate surface area is 130 Å². The molecule has 22 heavy (non-hydrogen) atoms. The van der Waals surface area contributed by atoms with Gasteiger partial charge >= 0.3 is 0 Å². The molecule has 0 bridgehead atoms. The molecule has 0 saturated carbocycles. The minimum Gasteiger partial charge on any atom is -0.337 e. The quantitative estimate of drug-likeness (QED) is 0.856. The van der Waals surface area contributed by atoms with Crippen LogP contribution in [-0.4, -0.2) is 38.9 Å². The summed E-state index contributed by atoms with van der Waals surface area (Å²) in [5, 5.41) is 8.17. The van der Waals surface area contributed by atoms with E-state index in [2.05, 4.69) is 43.2 Å². The van der Waals surface area contributed by atoms with Gasteiger partial charge < -0.3 is 4.90 Å². The molecule has 1 aliphatic heterocycles. The number of nitrogens with zero attached hydrogens (tertiary/aromatic N) is 4.